The van der Waals surface area contributed by atoms with Crippen LogP contribution in [0, 0.1) is 6.92 Å². The quantitative estimate of drug-likeness (QED) is 0.870. The van der Waals surface area contributed by atoms with Gasteiger partial charge in [-0.1, -0.05) is 11.6 Å². The first kappa shape index (κ1) is 14.3. The van der Waals surface area contributed by atoms with E-state index in [-0.39, 0.29) is 17.0 Å². The molecule has 0 fully saturated rings. The third-order valence-corrected chi connectivity index (χ3v) is 4.08. The summed E-state index contributed by atoms with van der Waals surface area (Å²) in [6.07, 6.45) is 3.04. The average Bonchev–Trinajstić information content (AvgIpc) is 2.81. The number of aromatic carboxylic acids is 1. The van der Waals surface area contributed by atoms with Gasteiger partial charge in [0.25, 0.3) is 5.56 Å². The molecule has 0 saturated carbocycles. The van der Waals surface area contributed by atoms with Crippen molar-refractivity contribution in [2.24, 2.45) is 0 Å². The molecule has 106 valence electrons. The minimum Gasteiger partial charge on any atom is -0.477 e. The first-order chi connectivity index (χ1) is 9.32. The van der Waals surface area contributed by atoms with E-state index in [2.05, 4.69) is 0 Å². The molecule has 2 aromatic rings. The third kappa shape index (κ3) is 2.32. The predicted octanol–water partition coefficient (Wildman–Crippen LogP) is 1.50. The Morgan fingerprint density at radius 1 is 1.40 bits per heavy atom. The molecule has 1 N–H and O–H groups in total. The number of hydrogen-bond acceptors (Lipinski definition) is 4. The number of allylic oxidation sites excluding steroid dienone is 2. The summed E-state index contributed by atoms with van der Waals surface area (Å²) in [5, 5.41) is 8.98. The fourth-order valence-electron chi connectivity index (χ4n) is 1.80. The maximum absolute atomic E-state index is 12.3. The van der Waals surface area contributed by atoms with Gasteiger partial charge in [-0.2, -0.15) is 0 Å². The molecule has 0 aliphatic heterocycles. The van der Waals surface area contributed by atoms with Crippen LogP contribution < -0.4 is 11.2 Å². The summed E-state index contributed by atoms with van der Waals surface area (Å²) in [5.41, 5.74) is 0.475. The topological polar surface area (TPSA) is 80.8 Å². The van der Waals surface area contributed by atoms with Crippen molar-refractivity contribution >= 4 is 22.1 Å². The normalized spacial score (nSPS) is 10.8. The van der Waals surface area contributed by atoms with E-state index < -0.39 is 11.7 Å². The Morgan fingerprint density at radius 2 is 2.05 bits per heavy atom. The highest BCUT2D eigenvalue weighted by atomic mass is 32.1. The molecular formula is C13H14N2O4S. The second-order valence-electron chi connectivity index (χ2n) is 4.68. The molecule has 0 bridgehead atoms. The molecule has 0 unspecified atom stereocenters. The number of aryl methyl sites for hydroxylation is 1. The highest BCUT2D eigenvalue weighted by Crippen LogP contribution is 2.17. The lowest BCUT2D eigenvalue weighted by Gasteiger charge is -2.05. The number of rotatable bonds is 3. The molecule has 0 atom stereocenters. The Morgan fingerprint density at radius 3 is 2.60 bits per heavy atom. The van der Waals surface area contributed by atoms with Crippen molar-refractivity contribution in [3.63, 3.8) is 0 Å². The second-order valence-corrected chi connectivity index (χ2v) is 5.71. The van der Waals surface area contributed by atoms with Crippen LogP contribution in [0.2, 0.25) is 0 Å². The van der Waals surface area contributed by atoms with Gasteiger partial charge in [0.2, 0.25) is 0 Å². The van der Waals surface area contributed by atoms with E-state index in [1.807, 2.05) is 13.8 Å². The lowest BCUT2D eigenvalue weighted by molar-refractivity contribution is 0.0701. The van der Waals surface area contributed by atoms with Gasteiger partial charge in [-0.25, -0.2) is 9.59 Å². The van der Waals surface area contributed by atoms with Crippen molar-refractivity contribution in [1.29, 1.82) is 0 Å². The second kappa shape index (κ2) is 5.09. The van der Waals surface area contributed by atoms with Crippen LogP contribution in [-0.2, 0) is 6.54 Å². The Kier molecular flexibility index (Phi) is 3.63. The van der Waals surface area contributed by atoms with Crippen LogP contribution in [0.15, 0.2) is 27.4 Å². The van der Waals surface area contributed by atoms with E-state index in [0.29, 0.717) is 10.4 Å². The molecule has 7 heteroatoms. The van der Waals surface area contributed by atoms with Gasteiger partial charge in [0.05, 0.1) is 0 Å². The lowest BCUT2D eigenvalue weighted by Crippen LogP contribution is -2.37. The average molecular weight is 294 g/mol. The number of carbonyl (C=O) groups is 1. The van der Waals surface area contributed by atoms with Gasteiger partial charge < -0.3 is 5.11 Å². The zero-order valence-electron chi connectivity index (χ0n) is 11.3. The van der Waals surface area contributed by atoms with Crippen LogP contribution in [0.5, 0.6) is 0 Å². The minimum atomic E-state index is -1.11. The van der Waals surface area contributed by atoms with Gasteiger partial charge in [-0.15, -0.1) is 11.3 Å². The van der Waals surface area contributed by atoms with Crippen molar-refractivity contribution in [2.75, 3.05) is 0 Å². The fourth-order valence-corrected chi connectivity index (χ4v) is 2.72. The number of carboxylic acid groups (broad SMARTS) is 1. The summed E-state index contributed by atoms with van der Waals surface area (Å²) in [4.78, 5) is 35.8. The van der Waals surface area contributed by atoms with E-state index in [9.17, 15) is 14.4 Å². The van der Waals surface area contributed by atoms with Gasteiger partial charge in [0.1, 0.15) is 9.71 Å². The summed E-state index contributed by atoms with van der Waals surface area (Å²) in [5.74, 6) is -1.11. The standard InChI is InChI=1S/C13H14N2O4S/c1-7(2)4-5-14-10(16)8(3)11-15(13(14)19)6-9(20-11)12(17)18/h4,6H,5H2,1-3H3,(H,17,18). The van der Waals surface area contributed by atoms with Gasteiger partial charge >= 0.3 is 11.7 Å². The third-order valence-electron chi connectivity index (χ3n) is 2.89. The Bertz CT molecular complexity index is 834. The summed E-state index contributed by atoms with van der Waals surface area (Å²) >= 11 is 0.928. The van der Waals surface area contributed by atoms with Crippen LogP contribution in [0.25, 0.3) is 4.83 Å². The van der Waals surface area contributed by atoms with Crippen LogP contribution >= 0.6 is 11.3 Å². The van der Waals surface area contributed by atoms with Crippen molar-refractivity contribution < 1.29 is 9.90 Å². The lowest BCUT2D eigenvalue weighted by atomic mass is 10.3. The summed E-state index contributed by atoms with van der Waals surface area (Å²) in [6, 6.07) is 0. The Balaban J connectivity index is 2.79. The highest BCUT2D eigenvalue weighted by Gasteiger charge is 2.16. The number of thiazole rings is 1. The predicted molar refractivity (Wildman–Crippen MR) is 76.9 cm³/mol. The molecule has 20 heavy (non-hydrogen) atoms. The van der Waals surface area contributed by atoms with E-state index in [1.165, 1.54) is 10.6 Å². The van der Waals surface area contributed by atoms with E-state index in [0.717, 1.165) is 21.5 Å². The summed E-state index contributed by atoms with van der Waals surface area (Å²) in [6.45, 7) is 5.53. The monoisotopic (exact) mass is 294 g/mol. The SMILES string of the molecule is CC(C)=CCn1c(=O)c(C)c2sc(C(=O)O)cn2c1=O. The Hall–Kier alpha value is -2.15. The minimum absolute atomic E-state index is 0.0320. The smallest absolute Gasteiger partial charge is 0.347 e. The number of hydrogen-bond donors (Lipinski definition) is 1. The molecule has 0 saturated heterocycles. The van der Waals surface area contributed by atoms with Crippen molar-refractivity contribution in [3.05, 3.63) is 49.1 Å². The first-order valence-electron chi connectivity index (χ1n) is 5.95. The molecular weight excluding hydrogens is 280 g/mol. The zero-order chi connectivity index (χ0) is 15.0. The van der Waals surface area contributed by atoms with Gasteiger partial charge in [-0.3, -0.25) is 13.8 Å². The summed E-state index contributed by atoms with van der Waals surface area (Å²) in [7, 11) is 0. The zero-order valence-corrected chi connectivity index (χ0v) is 12.2. The van der Waals surface area contributed by atoms with Crippen LogP contribution in [-0.4, -0.2) is 20.0 Å². The van der Waals surface area contributed by atoms with Crippen molar-refractivity contribution in [2.45, 2.75) is 27.3 Å². The molecule has 0 amide bonds. The summed E-state index contributed by atoms with van der Waals surface area (Å²) < 4.78 is 2.33. The molecule has 0 aliphatic rings. The maximum atomic E-state index is 12.3. The van der Waals surface area contributed by atoms with Gasteiger partial charge in [0.15, 0.2) is 0 Å². The molecule has 2 aromatic heterocycles. The van der Waals surface area contributed by atoms with Crippen LogP contribution in [0.1, 0.15) is 29.1 Å². The molecule has 2 heterocycles. The first-order valence-corrected chi connectivity index (χ1v) is 6.77. The van der Waals surface area contributed by atoms with E-state index in [4.69, 9.17) is 5.11 Å². The fraction of sp³-hybridized carbons (Fsp3) is 0.308. The highest BCUT2D eigenvalue weighted by molar-refractivity contribution is 7.19. The number of nitrogens with zero attached hydrogens (tertiary/aromatic N) is 2. The number of aromatic nitrogens is 2. The molecule has 6 nitrogen and oxygen atoms in total. The molecule has 0 radical (unpaired) electrons. The van der Waals surface area contributed by atoms with Crippen molar-refractivity contribution in [1.82, 2.24) is 8.97 Å². The van der Waals surface area contributed by atoms with Crippen molar-refractivity contribution in [3.8, 4) is 0 Å². The number of carboxylic acids is 1. The molecule has 0 spiro atoms. The van der Waals surface area contributed by atoms with Crippen LogP contribution in [0.3, 0.4) is 0 Å². The number of fused-ring (bicyclic) bond motifs is 1. The maximum Gasteiger partial charge on any atom is 0.347 e. The van der Waals surface area contributed by atoms with Gasteiger partial charge in [0, 0.05) is 18.3 Å². The van der Waals surface area contributed by atoms with Crippen LogP contribution in [0.4, 0.5) is 0 Å². The molecule has 0 aromatic carbocycles. The molecule has 2 rings (SSSR count). The van der Waals surface area contributed by atoms with Gasteiger partial charge in [-0.05, 0) is 20.8 Å². The van der Waals surface area contributed by atoms with E-state index >= 15 is 0 Å². The Labute approximate surface area is 118 Å². The largest absolute Gasteiger partial charge is 0.477 e. The van der Waals surface area contributed by atoms with E-state index in [1.54, 1.807) is 13.0 Å². The molecule has 0 aliphatic carbocycles.